The van der Waals surface area contributed by atoms with Gasteiger partial charge >= 0.3 is 6.03 Å². The number of urea groups is 1. The molecule has 2 unspecified atom stereocenters. The second-order valence-corrected chi connectivity index (χ2v) is 10.3. The maximum Gasteiger partial charge on any atom is 0.320 e. The van der Waals surface area contributed by atoms with Crippen molar-refractivity contribution >= 4 is 32.2 Å². The number of thiazole rings is 1. The molecule has 2 amide bonds. The number of hydrogen-bond donors (Lipinski definition) is 2. The molecule has 2 heterocycles. The lowest BCUT2D eigenvalue weighted by Gasteiger charge is -2.27. The van der Waals surface area contributed by atoms with Gasteiger partial charge in [0, 0.05) is 6.04 Å². The van der Waals surface area contributed by atoms with Crippen molar-refractivity contribution in [3.05, 3.63) is 10.7 Å². The fraction of sp³-hybridized carbons (Fsp3) is 0.733. The summed E-state index contributed by atoms with van der Waals surface area (Å²) in [6.07, 6.45) is 2.08. The number of nitrogens with zero attached hydrogens (tertiary/aromatic N) is 1. The molecular weight excluding hydrogens is 334 g/mol. The van der Waals surface area contributed by atoms with Gasteiger partial charge in [-0.3, -0.25) is 5.32 Å². The summed E-state index contributed by atoms with van der Waals surface area (Å²) in [7, 11) is -3.10. The van der Waals surface area contributed by atoms with Crippen molar-refractivity contribution in [2.24, 2.45) is 5.92 Å². The zero-order valence-corrected chi connectivity index (χ0v) is 15.7. The van der Waals surface area contributed by atoms with E-state index in [2.05, 4.69) is 29.5 Å². The highest BCUT2D eigenvalue weighted by molar-refractivity contribution is 7.92. The number of hydrogen-bond acceptors (Lipinski definition) is 5. The van der Waals surface area contributed by atoms with E-state index in [-0.39, 0.29) is 23.1 Å². The van der Waals surface area contributed by atoms with Crippen LogP contribution in [0, 0.1) is 12.8 Å². The van der Waals surface area contributed by atoms with Crippen LogP contribution in [0.4, 0.5) is 9.80 Å². The SMILES string of the molecule is Cc1nc(CC(C)C)c(NC(=O)NC2CCC(C)S(=O)(=O)C2)s1. The van der Waals surface area contributed by atoms with Crippen molar-refractivity contribution in [1.82, 2.24) is 10.3 Å². The van der Waals surface area contributed by atoms with E-state index in [4.69, 9.17) is 0 Å². The van der Waals surface area contributed by atoms with Crippen molar-refractivity contribution in [3.8, 4) is 0 Å². The van der Waals surface area contributed by atoms with Gasteiger partial charge in [-0.2, -0.15) is 0 Å². The first-order chi connectivity index (χ1) is 10.7. The number of sulfone groups is 1. The topological polar surface area (TPSA) is 88.2 Å². The van der Waals surface area contributed by atoms with E-state index in [1.807, 2.05) is 6.92 Å². The first kappa shape index (κ1) is 18.2. The summed E-state index contributed by atoms with van der Waals surface area (Å²) < 4.78 is 23.9. The summed E-state index contributed by atoms with van der Waals surface area (Å²) in [6.45, 7) is 7.84. The van der Waals surface area contributed by atoms with E-state index in [0.717, 1.165) is 22.1 Å². The molecule has 0 saturated carbocycles. The standard InChI is InChI=1S/C15H25N3O3S2/c1-9(2)7-13-14(22-11(4)16-13)18-15(19)17-12-6-5-10(3)23(20,21)8-12/h9-10,12H,5-8H2,1-4H3,(H2,17,18,19). The van der Waals surface area contributed by atoms with Gasteiger partial charge in [0.15, 0.2) is 9.84 Å². The molecule has 0 radical (unpaired) electrons. The smallest absolute Gasteiger partial charge is 0.320 e. The number of aromatic nitrogens is 1. The molecule has 23 heavy (non-hydrogen) atoms. The molecule has 1 saturated heterocycles. The van der Waals surface area contributed by atoms with Crippen LogP contribution < -0.4 is 10.6 Å². The molecule has 2 rings (SSSR count). The summed E-state index contributed by atoms with van der Waals surface area (Å²) in [5.74, 6) is 0.465. The maximum atomic E-state index is 12.2. The summed E-state index contributed by atoms with van der Waals surface area (Å²) in [5.41, 5.74) is 0.891. The van der Waals surface area contributed by atoms with Gasteiger partial charge in [0.2, 0.25) is 0 Å². The second-order valence-electron chi connectivity index (χ2n) is 6.62. The number of aryl methyl sites for hydroxylation is 1. The fourth-order valence-corrected chi connectivity index (χ4v) is 5.15. The molecule has 1 aromatic rings. The Morgan fingerprint density at radius 3 is 2.70 bits per heavy atom. The van der Waals surface area contributed by atoms with Crippen molar-refractivity contribution < 1.29 is 13.2 Å². The van der Waals surface area contributed by atoms with E-state index in [1.54, 1.807) is 6.92 Å². The summed E-state index contributed by atoms with van der Waals surface area (Å²) in [6, 6.07) is -0.674. The molecule has 0 bridgehead atoms. The Morgan fingerprint density at radius 2 is 2.09 bits per heavy atom. The van der Waals surface area contributed by atoms with Crippen LogP contribution in [0.25, 0.3) is 0 Å². The first-order valence-electron chi connectivity index (χ1n) is 7.92. The molecule has 1 aromatic heterocycles. The number of amides is 2. The van der Waals surface area contributed by atoms with Gasteiger partial charge in [-0.05, 0) is 39.0 Å². The van der Waals surface area contributed by atoms with Crippen LogP contribution in [-0.2, 0) is 16.3 Å². The second kappa shape index (κ2) is 7.17. The Hall–Kier alpha value is -1.15. The minimum atomic E-state index is -3.10. The third-order valence-electron chi connectivity index (χ3n) is 3.94. The van der Waals surface area contributed by atoms with E-state index in [9.17, 15) is 13.2 Å². The maximum absolute atomic E-state index is 12.2. The molecule has 6 nitrogen and oxygen atoms in total. The molecule has 2 N–H and O–H groups in total. The first-order valence-corrected chi connectivity index (χ1v) is 10.5. The van der Waals surface area contributed by atoms with Gasteiger partial charge in [0.1, 0.15) is 5.00 Å². The molecule has 1 fully saturated rings. The minimum absolute atomic E-state index is 0.0160. The summed E-state index contributed by atoms with van der Waals surface area (Å²) >= 11 is 1.45. The molecule has 2 atom stereocenters. The third-order valence-corrected chi connectivity index (χ3v) is 7.19. The number of rotatable bonds is 4. The lowest BCUT2D eigenvalue weighted by molar-refractivity contribution is 0.248. The molecule has 0 aromatic carbocycles. The average molecular weight is 360 g/mol. The third kappa shape index (κ3) is 4.91. The number of anilines is 1. The fourth-order valence-electron chi connectivity index (χ4n) is 2.67. The highest BCUT2D eigenvalue weighted by Gasteiger charge is 2.32. The van der Waals surface area contributed by atoms with Crippen molar-refractivity contribution in [1.29, 1.82) is 0 Å². The Kier molecular flexibility index (Phi) is 5.67. The molecule has 8 heteroatoms. The van der Waals surface area contributed by atoms with Crippen LogP contribution in [0.5, 0.6) is 0 Å². The monoisotopic (exact) mass is 359 g/mol. The summed E-state index contributed by atoms with van der Waals surface area (Å²) in [4.78, 5) is 16.6. The van der Waals surface area contributed by atoms with Gasteiger partial charge < -0.3 is 5.32 Å². The highest BCUT2D eigenvalue weighted by Crippen LogP contribution is 2.26. The minimum Gasteiger partial charge on any atom is -0.334 e. The largest absolute Gasteiger partial charge is 0.334 e. The van der Waals surface area contributed by atoms with Crippen LogP contribution >= 0.6 is 11.3 Å². The van der Waals surface area contributed by atoms with Gasteiger partial charge in [-0.15, -0.1) is 11.3 Å². The van der Waals surface area contributed by atoms with E-state index in [1.165, 1.54) is 11.3 Å². The van der Waals surface area contributed by atoms with Crippen LogP contribution in [0.3, 0.4) is 0 Å². The molecular formula is C15H25N3O3S2. The van der Waals surface area contributed by atoms with Crippen LogP contribution in [-0.4, -0.2) is 36.5 Å². The van der Waals surface area contributed by atoms with Crippen LogP contribution in [0.15, 0.2) is 0 Å². The molecule has 1 aliphatic heterocycles. The normalized spacial score (nSPS) is 23.7. The van der Waals surface area contributed by atoms with Gasteiger partial charge in [0.05, 0.1) is 21.7 Å². The average Bonchev–Trinajstić information content (AvgIpc) is 2.72. The van der Waals surface area contributed by atoms with Crippen molar-refractivity contribution in [2.75, 3.05) is 11.1 Å². The Balaban J connectivity index is 1.98. The van der Waals surface area contributed by atoms with Gasteiger partial charge in [-0.1, -0.05) is 13.8 Å². The predicted octanol–water partition coefficient (Wildman–Crippen LogP) is 2.74. The molecule has 0 spiro atoms. The Bertz CT molecular complexity index is 668. The van der Waals surface area contributed by atoms with E-state index >= 15 is 0 Å². The number of carbonyl (C=O) groups is 1. The number of nitrogens with one attached hydrogen (secondary N) is 2. The van der Waals surface area contributed by atoms with Gasteiger partial charge in [0.25, 0.3) is 0 Å². The zero-order valence-electron chi connectivity index (χ0n) is 14.0. The Labute approximate surface area is 142 Å². The highest BCUT2D eigenvalue weighted by atomic mass is 32.2. The summed E-state index contributed by atoms with van der Waals surface area (Å²) in [5, 5.41) is 6.96. The lowest BCUT2D eigenvalue weighted by atomic mass is 10.1. The predicted molar refractivity (Wildman–Crippen MR) is 93.8 cm³/mol. The van der Waals surface area contributed by atoms with Crippen LogP contribution in [0.1, 0.15) is 44.3 Å². The molecule has 130 valence electrons. The Morgan fingerprint density at radius 1 is 1.39 bits per heavy atom. The van der Waals surface area contributed by atoms with E-state index < -0.39 is 9.84 Å². The quantitative estimate of drug-likeness (QED) is 0.865. The van der Waals surface area contributed by atoms with Crippen molar-refractivity contribution in [3.63, 3.8) is 0 Å². The number of carbonyl (C=O) groups excluding carboxylic acids is 1. The van der Waals surface area contributed by atoms with Gasteiger partial charge in [-0.25, -0.2) is 18.2 Å². The molecule has 1 aliphatic rings. The van der Waals surface area contributed by atoms with E-state index in [0.29, 0.717) is 18.8 Å². The molecule has 0 aliphatic carbocycles. The lowest BCUT2D eigenvalue weighted by Crippen LogP contribution is -2.46. The van der Waals surface area contributed by atoms with Crippen molar-refractivity contribution in [2.45, 2.75) is 58.2 Å². The zero-order chi connectivity index (χ0) is 17.2. The van der Waals surface area contributed by atoms with Crippen LogP contribution in [0.2, 0.25) is 0 Å².